The standard InChI is InChI=1S/C17H34N2O3S/c1-13(23(5)21)10-11-18-15-9-7-6-8-14(15)12-19-16(20)22-17(2,3)4/h13-15,18H,6-12H2,1-5H3,(H,19,20). The molecule has 0 bridgehead atoms. The van der Waals surface area contributed by atoms with Crippen LogP contribution in [0.1, 0.15) is 59.8 Å². The van der Waals surface area contributed by atoms with E-state index in [2.05, 4.69) is 10.6 Å². The minimum atomic E-state index is -0.758. The molecule has 6 heteroatoms. The summed E-state index contributed by atoms with van der Waals surface area (Å²) in [6, 6.07) is 0.427. The molecule has 0 aromatic rings. The number of ether oxygens (including phenoxy) is 1. The molecule has 0 spiro atoms. The minimum absolute atomic E-state index is 0.226. The SMILES string of the molecule is CC(CCNC1CCCCC1CNC(=O)OC(C)(C)C)S(C)=O. The molecule has 0 aromatic carbocycles. The fourth-order valence-corrected chi connectivity index (χ4v) is 3.34. The highest BCUT2D eigenvalue weighted by molar-refractivity contribution is 7.84. The van der Waals surface area contributed by atoms with Crippen LogP contribution in [0, 0.1) is 5.92 Å². The van der Waals surface area contributed by atoms with E-state index in [1.54, 1.807) is 6.26 Å². The molecule has 1 aliphatic rings. The molecule has 1 rings (SSSR count). The third kappa shape index (κ3) is 8.70. The van der Waals surface area contributed by atoms with Crippen molar-refractivity contribution in [2.75, 3.05) is 19.3 Å². The highest BCUT2D eigenvalue weighted by Crippen LogP contribution is 2.24. The summed E-state index contributed by atoms with van der Waals surface area (Å²) in [7, 11) is -0.758. The Hall–Kier alpha value is -0.620. The summed E-state index contributed by atoms with van der Waals surface area (Å²) in [4.78, 5) is 11.8. The van der Waals surface area contributed by atoms with Crippen molar-refractivity contribution in [1.82, 2.24) is 10.6 Å². The van der Waals surface area contributed by atoms with Gasteiger partial charge in [-0.15, -0.1) is 0 Å². The lowest BCUT2D eigenvalue weighted by Gasteiger charge is -2.33. The van der Waals surface area contributed by atoms with Gasteiger partial charge in [0, 0.05) is 34.9 Å². The van der Waals surface area contributed by atoms with Gasteiger partial charge in [0.2, 0.25) is 0 Å². The van der Waals surface area contributed by atoms with Crippen LogP contribution in [0.5, 0.6) is 0 Å². The summed E-state index contributed by atoms with van der Waals surface area (Å²) in [5.74, 6) is 0.443. The van der Waals surface area contributed by atoms with E-state index >= 15 is 0 Å². The Balaban J connectivity index is 2.36. The zero-order chi connectivity index (χ0) is 17.5. The van der Waals surface area contributed by atoms with Gasteiger partial charge in [-0.25, -0.2) is 4.79 Å². The van der Waals surface area contributed by atoms with Gasteiger partial charge in [0.1, 0.15) is 5.60 Å². The van der Waals surface area contributed by atoms with Crippen molar-refractivity contribution in [1.29, 1.82) is 0 Å². The minimum Gasteiger partial charge on any atom is -0.444 e. The zero-order valence-corrected chi connectivity index (χ0v) is 16.1. The molecule has 0 saturated heterocycles. The van der Waals surface area contributed by atoms with Gasteiger partial charge in [-0.3, -0.25) is 4.21 Å². The van der Waals surface area contributed by atoms with Gasteiger partial charge in [0.25, 0.3) is 0 Å². The number of carbonyl (C=O) groups excluding carboxylic acids is 1. The Morgan fingerprint density at radius 1 is 1.30 bits per heavy atom. The lowest BCUT2D eigenvalue weighted by Crippen LogP contribution is -2.45. The van der Waals surface area contributed by atoms with Gasteiger partial charge in [-0.1, -0.05) is 19.8 Å². The normalized spacial score (nSPS) is 24.7. The molecule has 1 aliphatic carbocycles. The van der Waals surface area contributed by atoms with Crippen molar-refractivity contribution in [2.24, 2.45) is 5.92 Å². The molecule has 2 N–H and O–H groups in total. The fraction of sp³-hybridized carbons (Fsp3) is 0.941. The van der Waals surface area contributed by atoms with Crippen LogP contribution in [-0.4, -0.2) is 46.5 Å². The van der Waals surface area contributed by atoms with E-state index < -0.39 is 16.4 Å². The zero-order valence-electron chi connectivity index (χ0n) is 15.3. The highest BCUT2D eigenvalue weighted by Gasteiger charge is 2.26. The lowest BCUT2D eigenvalue weighted by atomic mass is 9.84. The number of alkyl carbamates (subject to hydrolysis) is 1. The largest absolute Gasteiger partial charge is 0.444 e. The molecule has 0 radical (unpaired) electrons. The second-order valence-corrected chi connectivity index (χ2v) is 9.39. The smallest absolute Gasteiger partial charge is 0.407 e. The molecular weight excluding hydrogens is 312 g/mol. The summed E-state index contributed by atoms with van der Waals surface area (Å²) in [5, 5.41) is 6.74. The van der Waals surface area contributed by atoms with Crippen molar-refractivity contribution in [3.63, 3.8) is 0 Å². The summed E-state index contributed by atoms with van der Waals surface area (Å²) in [6.07, 6.45) is 7.07. The van der Waals surface area contributed by atoms with E-state index in [0.717, 1.165) is 25.8 Å². The predicted octanol–water partition coefficient (Wildman–Crippen LogP) is 2.82. The van der Waals surface area contributed by atoms with Crippen LogP contribution in [0.4, 0.5) is 4.79 Å². The number of hydrogen-bond acceptors (Lipinski definition) is 4. The van der Waals surface area contributed by atoms with Crippen LogP contribution in [0.2, 0.25) is 0 Å². The fourth-order valence-electron chi connectivity index (χ4n) is 2.89. The molecule has 5 nitrogen and oxygen atoms in total. The van der Waals surface area contributed by atoms with Crippen molar-refractivity contribution < 1.29 is 13.7 Å². The Kier molecular flexibility index (Phi) is 8.54. The number of carbonyl (C=O) groups is 1. The maximum atomic E-state index is 11.8. The van der Waals surface area contributed by atoms with Crippen LogP contribution in [0.25, 0.3) is 0 Å². The lowest BCUT2D eigenvalue weighted by molar-refractivity contribution is 0.0510. The van der Waals surface area contributed by atoms with Gasteiger partial charge in [-0.05, 0) is 52.5 Å². The Labute approximate surface area is 143 Å². The highest BCUT2D eigenvalue weighted by atomic mass is 32.2. The van der Waals surface area contributed by atoms with Crippen LogP contribution < -0.4 is 10.6 Å². The third-order valence-electron chi connectivity index (χ3n) is 4.34. The van der Waals surface area contributed by atoms with Crippen LogP contribution >= 0.6 is 0 Å². The van der Waals surface area contributed by atoms with E-state index in [4.69, 9.17) is 4.74 Å². The Morgan fingerprint density at radius 3 is 2.57 bits per heavy atom. The maximum absolute atomic E-state index is 11.8. The first-order chi connectivity index (χ1) is 10.7. The second kappa shape index (κ2) is 9.62. The molecule has 4 atom stereocenters. The topological polar surface area (TPSA) is 67.4 Å². The van der Waals surface area contributed by atoms with E-state index in [1.165, 1.54) is 12.8 Å². The summed E-state index contributed by atoms with van der Waals surface area (Å²) in [6.45, 7) is 9.18. The van der Waals surface area contributed by atoms with E-state index in [1.807, 2.05) is 27.7 Å². The van der Waals surface area contributed by atoms with Crippen LogP contribution in [-0.2, 0) is 15.5 Å². The Morgan fingerprint density at radius 2 is 1.96 bits per heavy atom. The van der Waals surface area contributed by atoms with E-state index in [9.17, 15) is 9.00 Å². The maximum Gasteiger partial charge on any atom is 0.407 e. The average molecular weight is 347 g/mol. The first-order valence-electron chi connectivity index (χ1n) is 8.71. The first-order valence-corrected chi connectivity index (χ1v) is 10.3. The van der Waals surface area contributed by atoms with Crippen LogP contribution in [0.15, 0.2) is 0 Å². The van der Waals surface area contributed by atoms with Gasteiger partial charge < -0.3 is 15.4 Å². The molecule has 0 heterocycles. The van der Waals surface area contributed by atoms with Gasteiger partial charge in [0.15, 0.2) is 0 Å². The van der Waals surface area contributed by atoms with Gasteiger partial charge in [-0.2, -0.15) is 0 Å². The predicted molar refractivity (Wildman–Crippen MR) is 96.1 cm³/mol. The summed E-state index contributed by atoms with van der Waals surface area (Å²) < 4.78 is 16.7. The molecule has 1 fully saturated rings. The summed E-state index contributed by atoms with van der Waals surface area (Å²) in [5.41, 5.74) is -0.458. The van der Waals surface area contributed by atoms with Crippen molar-refractivity contribution in [2.45, 2.75) is 76.7 Å². The molecule has 0 aromatic heterocycles. The van der Waals surface area contributed by atoms with E-state index in [-0.39, 0.29) is 11.3 Å². The van der Waals surface area contributed by atoms with E-state index in [0.29, 0.717) is 18.5 Å². The average Bonchev–Trinajstić information content (AvgIpc) is 2.44. The molecule has 4 unspecified atom stereocenters. The Bertz CT molecular complexity index is 396. The first kappa shape index (κ1) is 20.4. The quantitative estimate of drug-likeness (QED) is 0.744. The molecule has 136 valence electrons. The second-order valence-electron chi connectivity index (χ2n) is 7.59. The number of hydrogen-bond donors (Lipinski definition) is 2. The van der Waals surface area contributed by atoms with Gasteiger partial charge in [0.05, 0.1) is 0 Å². The molecule has 0 aliphatic heterocycles. The molecular formula is C17H34N2O3S. The molecule has 1 saturated carbocycles. The monoisotopic (exact) mass is 346 g/mol. The molecule has 1 amide bonds. The molecule has 23 heavy (non-hydrogen) atoms. The van der Waals surface area contributed by atoms with Crippen molar-refractivity contribution >= 4 is 16.9 Å². The summed E-state index contributed by atoms with van der Waals surface area (Å²) >= 11 is 0. The van der Waals surface area contributed by atoms with Crippen molar-refractivity contribution in [3.8, 4) is 0 Å². The third-order valence-corrected chi connectivity index (χ3v) is 5.71. The van der Waals surface area contributed by atoms with Crippen LogP contribution in [0.3, 0.4) is 0 Å². The number of nitrogens with one attached hydrogen (secondary N) is 2. The number of amides is 1. The number of rotatable bonds is 7. The van der Waals surface area contributed by atoms with Crippen molar-refractivity contribution in [3.05, 3.63) is 0 Å². The van der Waals surface area contributed by atoms with Gasteiger partial charge >= 0.3 is 6.09 Å².